The minimum Gasteiger partial charge on any atom is -0.491 e. The van der Waals surface area contributed by atoms with Crippen LogP contribution in [0.5, 0.6) is 5.75 Å². The predicted molar refractivity (Wildman–Crippen MR) is 77.9 cm³/mol. The van der Waals surface area contributed by atoms with E-state index in [9.17, 15) is 0 Å². The van der Waals surface area contributed by atoms with Crippen molar-refractivity contribution in [2.75, 3.05) is 11.9 Å². The Kier molecular flexibility index (Phi) is 4.68. The van der Waals surface area contributed by atoms with Gasteiger partial charge in [0.2, 0.25) is 0 Å². The summed E-state index contributed by atoms with van der Waals surface area (Å²) in [4.78, 5) is 7.31. The highest BCUT2D eigenvalue weighted by atomic mass is 35.5. The maximum absolute atomic E-state index is 6.03. The molecule has 0 radical (unpaired) electrons. The van der Waals surface area contributed by atoms with Gasteiger partial charge in [-0.2, -0.15) is 0 Å². The van der Waals surface area contributed by atoms with E-state index < -0.39 is 0 Å². The van der Waals surface area contributed by atoms with E-state index in [0.29, 0.717) is 18.2 Å². The molecule has 102 valence electrons. The molecule has 5 heteroatoms. The van der Waals surface area contributed by atoms with Gasteiger partial charge in [-0.05, 0) is 31.5 Å². The first-order valence-electron chi connectivity index (χ1n) is 6.35. The van der Waals surface area contributed by atoms with Gasteiger partial charge in [0.15, 0.2) is 0 Å². The van der Waals surface area contributed by atoms with Gasteiger partial charge < -0.3 is 15.0 Å². The van der Waals surface area contributed by atoms with Gasteiger partial charge in [0.25, 0.3) is 0 Å². The number of anilines is 1. The Labute approximate surface area is 118 Å². The molecule has 0 saturated carbocycles. The summed E-state index contributed by atoms with van der Waals surface area (Å²) in [6, 6.07) is 5.59. The van der Waals surface area contributed by atoms with Crippen LogP contribution in [0.2, 0.25) is 5.02 Å². The van der Waals surface area contributed by atoms with Crippen LogP contribution in [-0.2, 0) is 6.54 Å². The zero-order chi connectivity index (χ0) is 13.7. The first kappa shape index (κ1) is 13.7. The number of H-pyrrole nitrogens is 1. The summed E-state index contributed by atoms with van der Waals surface area (Å²) in [5.74, 6) is 0.819. The van der Waals surface area contributed by atoms with Crippen LogP contribution in [0.25, 0.3) is 0 Å². The summed E-state index contributed by atoms with van der Waals surface area (Å²) in [7, 11) is 0. The van der Waals surface area contributed by atoms with Gasteiger partial charge in [-0.1, -0.05) is 18.5 Å². The van der Waals surface area contributed by atoms with Crippen molar-refractivity contribution >= 4 is 17.3 Å². The molecule has 0 unspecified atom stereocenters. The molecule has 2 rings (SSSR count). The molecule has 1 aromatic heterocycles. The number of imidazole rings is 1. The quantitative estimate of drug-likeness (QED) is 0.846. The van der Waals surface area contributed by atoms with E-state index in [1.165, 1.54) is 0 Å². The van der Waals surface area contributed by atoms with Crippen LogP contribution in [0.1, 0.15) is 24.7 Å². The second kappa shape index (κ2) is 6.48. The maximum Gasteiger partial charge on any atom is 0.142 e. The number of halogens is 1. The maximum atomic E-state index is 6.03. The number of ether oxygens (including phenoxy) is 1. The van der Waals surface area contributed by atoms with Crippen LogP contribution in [0.3, 0.4) is 0 Å². The molecule has 0 aliphatic heterocycles. The monoisotopic (exact) mass is 279 g/mol. The number of benzene rings is 1. The summed E-state index contributed by atoms with van der Waals surface area (Å²) in [5.41, 5.74) is 2.94. The van der Waals surface area contributed by atoms with Crippen molar-refractivity contribution in [3.8, 4) is 5.75 Å². The Morgan fingerprint density at radius 1 is 1.42 bits per heavy atom. The highest BCUT2D eigenvalue weighted by Gasteiger charge is 2.06. The first-order valence-corrected chi connectivity index (χ1v) is 6.73. The molecule has 4 nitrogen and oxygen atoms in total. The van der Waals surface area contributed by atoms with Gasteiger partial charge in [0.1, 0.15) is 5.75 Å². The molecule has 0 atom stereocenters. The molecule has 2 N–H and O–H groups in total. The van der Waals surface area contributed by atoms with E-state index in [4.69, 9.17) is 16.3 Å². The smallest absolute Gasteiger partial charge is 0.142 e. The Morgan fingerprint density at radius 2 is 2.26 bits per heavy atom. The highest BCUT2D eigenvalue weighted by molar-refractivity contribution is 6.30. The number of aryl methyl sites for hydroxylation is 1. The molecule has 0 bridgehead atoms. The number of nitrogens with zero attached hydrogens (tertiary/aromatic N) is 1. The molecule has 19 heavy (non-hydrogen) atoms. The SMILES string of the molecule is CCCOc1ccc(Cl)cc1NCc1nc[nH]c1C. The van der Waals surface area contributed by atoms with Gasteiger partial charge in [0.05, 0.1) is 30.9 Å². The fraction of sp³-hybridized carbons (Fsp3) is 0.357. The van der Waals surface area contributed by atoms with Crippen LogP contribution in [-0.4, -0.2) is 16.6 Å². The number of rotatable bonds is 6. The Hall–Kier alpha value is -1.68. The summed E-state index contributed by atoms with van der Waals surface area (Å²) >= 11 is 6.03. The molecular formula is C14H18ClN3O. The van der Waals surface area contributed by atoms with Gasteiger partial charge in [-0.25, -0.2) is 4.98 Å². The zero-order valence-corrected chi connectivity index (χ0v) is 11.9. The average molecular weight is 280 g/mol. The summed E-state index contributed by atoms with van der Waals surface area (Å²) in [5, 5.41) is 4.00. The third-order valence-corrected chi connectivity index (χ3v) is 3.02. The molecule has 1 heterocycles. The van der Waals surface area contributed by atoms with Crippen molar-refractivity contribution in [1.29, 1.82) is 0 Å². The lowest BCUT2D eigenvalue weighted by molar-refractivity contribution is 0.319. The lowest BCUT2D eigenvalue weighted by Gasteiger charge is -2.13. The molecule has 0 aliphatic carbocycles. The minimum absolute atomic E-state index is 0.637. The van der Waals surface area contributed by atoms with E-state index >= 15 is 0 Å². The van der Waals surface area contributed by atoms with E-state index in [0.717, 1.165) is 29.2 Å². The average Bonchev–Trinajstić information content (AvgIpc) is 2.81. The number of aromatic nitrogens is 2. The fourth-order valence-electron chi connectivity index (χ4n) is 1.72. The van der Waals surface area contributed by atoms with Crippen LogP contribution < -0.4 is 10.1 Å². The topological polar surface area (TPSA) is 49.9 Å². The summed E-state index contributed by atoms with van der Waals surface area (Å²) < 4.78 is 5.69. The van der Waals surface area contributed by atoms with Crippen molar-refractivity contribution in [3.63, 3.8) is 0 Å². The van der Waals surface area contributed by atoms with Crippen LogP contribution in [0.15, 0.2) is 24.5 Å². The molecule has 0 saturated heterocycles. The van der Waals surface area contributed by atoms with E-state index in [-0.39, 0.29) is 0 Å². The van der Waals surface area contributed by atoms with Gasteiger partial charge in [0, 0.05) is 10.7 Å². The van der Waals surface area contributed by atoms with E-state index in [1.54, 1.807) is 6.33 Å². The Bertz CT molecular complexity index is 539. The lowest BCUT2D eigenvalue weighted by Crippen LogP contribution is -2.04. The van der Waals surface area contributed by atoms with Crippen molar-refractivity contribution in [3.05, 3.63) is 40.9 Å². The Morgan fingerprint density at radius 3 is 2.95 bits per heavy atom. The molecule has 0 aliphatic rings. The number of hydrogen-bond acceptors (Lipinski definition) is 3. The molecule has 0 amide bonds. The number of aromatic amines is 1. The number of hydrogen-bond donors (Lipinski definition) is 2. The Balaban J connectivity index is 2.09. The zero-order valence-electron chi connectivity index (χ0n) is 11.2. The van der Waals surface area contributed by atoms with Crippen LogP contribution in [0.4, 0.5) is 5.69 Å². The fourth-order valence-corrected chi connectivity index (χ4v) is 1.89. The van der Waals surface area contributed by atoms with Crippen molar-refractivity contribution in [2.45, 2.75) is 26.8 Å². The molecular weight excluding hydrogens is 262 g/mol. The normalized spacial score (nSPS) is 10.5. The van der Waals surface area contributed by atoms with Gasteiger partial charge >= 0.3 is 0 Å². The van der Waals surface area contributed by atoms with Crippen LogP contribution in [0, 0.1) is 6.92 Å². The predicted octanol–water partition coefficient (Wildman–Crippen LogP) is 3.77. The van der Waals surface area contributed by atoms with Crippen molar-refractivity contribution < 1.29 is 4.74 Å². The first-order chi connectivity index (χ1) is 9.20. The van der Waals surface area contributed by atoms with Crippen molar-refractivity contribution in [2.24, 2.45) is 0 Å². The largest absolute Gasteiger partial charge is 0.491 e. The highest BCUT2D eigenvalue weighted by Crippen LogP contribution is 2.28. The van der Waals surface area contributed by atoms with Crippen molar-refractivity contribution in [1.82, 2.24) is 9.97 Å². The summed E-state index contributed by atoms with van der Waals surface area (Å²) in [6.07, 6.45) is 2.67. The van der Waals surface area contributed by atoms with Gasteiger partial charge in [-0.15, -0.1) is 0 Å². The lowest BCUT2D eigenvalue weighted by atomic mass is 10.2. The second-order valence-electron chi connectivity index (χ2n) is 4.32. The summed E-state index contributed by atoms with van der Waals surface area (Å²) in [6.45, 7) is 5.41. The molecule has 0 fully saturated rings. The van der Waals surface area contributed by atoms with Crippen LogP contribution >= 0.6 is 11.6 Å². The van der Waals surface area contributed by atoms with E-state index in [2.05, 4.69) is 22.2 Å². The third kappa shape index (κ3) is 3.64. The molecule has 2 aromatic rings. The third-order valence-electron chi connectivity index (χ3n) is 2.78. The van der Waals surface area contributed by atoms with Gasteiger partial charge in [-0.3, -0.25) is 0 Å². The molecule has 1 aromatic carbocycles. The second-order valence-corrected chi connectivity index (χ2v) is 4.75. The van der Waals surface area contributed by atoms with E-state index in [1.807, 2.05) is 25.1 Å². The number of nitrogens with one attached hydrogen (secondary N) is 2. The molecule has 0 spiro atoms. The standard InChI is InChI=1S/C14H18ClN3O/c1-3-6-19-14-5-4-11(15)7-12(14)16-8-13-10(2)17-9-18-13/h4-5,7,9,16H,3,6,8H2,1-2H3,(H,17,18). The minimum atomic E-state index is 0.637.